The van der Waals surface area contributed by atoms with Gasteiger partial charge in [0.25, 0.3) is 11.8 Å². The number of para-hydroxylation sites is 1. The van der Waals surface area contributed by atoms with Crippen LogP contribution in [0.25, 0.3) is 0 Å². The van der Waals surface area contributed by atoms with E-state index in [0.717, 1.165) is 16.9 Å². The Labute approximate surface area is 177 Å². The Bertz CT molecular complexity index is 926. The summed E-state index contributed by atoms with van der Waals surface area (Å²) in [6, 6.07) is 14.8. The first-order valence-corrected chi connectivity index (χ1v) is 9.92. The average molecular weight is 412 g/mol. The maximum absolute atomic E-state index is 12.8. The molecule has 0 radical (unpaired) electrons. The largest absolute Gasteiger partial charge is 0.496 e. The summed E-state index contributed by atoms with van der Waals surface area (Å²) in [7, 11) is 5.45. The fourth-order valence-electron chi connectivity index (χ4n) is 3.78. The molecule has 0 unspecified atom stereocenters. The second-order valence-electron chi connectivity index (χ2n) is 8.02. The molecule has 3 rings (SSSR count). The van der Waals surface area contributed by atoms with Gasteiger partial charge in [0.2, 0.25) is 0 Å². The molecule has 30 heavy (non-hydrogen) atoms. The number of likely N-dealkylation sites (N-methyl/N-ethyl adjacent to an activating group) is 1. The van der Waals surface area contributed by atoms with Crippen LogP contribution in [0.3, 0.4) is 0 Å². The molecule has 160 valence electrons. The smallest absolute Gasteiger partial charge is 0.254 e. The normalized spacial score (nSPS) is 16.2. The second kappa shape index (κ2) is 8.85. The Morgan fingerprint density at radius 2 is 1.90 bits per heavy atom. The van der Waals surface area contributed by atoms with E-state index in [1.165, 1.54) is 11.8 Å². The van der Waals surface area contributed by atoms with E-state index < -0.39 is 11.5 Å². The van der Waals surface area contributed by atoms with Crippen LogP contribution < -0.4 is 10.1 Å². The Balaban J connectivity index is 1.66. The molecule has 0 saturated heterocycles. The number of β-amino-alcohol motifs (C(OH)–C–C–N with tert-alkyl or cyclic N) is 1. The third-order valence-electron chi connectivity index (χ3n) is 5.46. The summed E-state index contributed by atoms with van der Waals surface area (Å²) in [4.78, 5) is 28.9. The summed E-state index contributed by atoms with van der Waals surface area (Å²) >= 11 is 0. The van der Waals surface area contributed by atoms with Crippen LogP contribution in [0.1, 0.15) is 34.5 Å². The Morgan fingerprint density at radius 1 is 1.23 bits per heavy atom. The van der Waals surface area contributed by atoms with E-state index in [1.807, 2.05) is 61.5 Å². The lowest BCUT2D eigenvalue weighted by Gasteiger charge is -2.30. The van der Waals surface area contributed by atoms with Crippen molar-refractivity contribution in [3.05, 3.63) is 65.2 Å². The number of aliphatic hydroxyl groups is 1. The van der Waals surface area contributed by atoms with Gasteiger partial charge in [-0.25, -0.2) is 0 Å². The van der Waals surface area contributed by atoms with Crippen molar-refractivity contribution in [3.8, 4) is 5.75 Å². The third kappa shape index (κ3) is 4.47. The molecule has 7 nitrogen and oxygen atoms in total. The fraction of sp³-hybridized carbons (Fsp3) is 0.391. The maximum Gasteiger partial charge on any atom is 0.254 e. The summed E-state index contributed by atoms with van der Waals surface area (Å²) < 4.78 is 5.45. The summed E-state index contributed by atoms with van der Waals surface area (Å²) in [5.74, 6) is 0.0458. The molecule has 1 aliphatic rings. The van der Waals surface area contributed by atoms with Crippen LogP contribution in [0.2, 0.25) is 0 Å². The van der Waals surface area contributed by atoms with E-state index in [0.29, 0.717) is 12.1 Å². The molecule has 0 aromatic heterocycles. The van der Waals surface area contributed by atoms with Gasteiger partial charge in [-0.2, -0.15) is 0 Å². The van der Waals surface area contributed by atoms with Gasteiger partial charge in [-0.3, -0.25) is 9.59 Å². The molecule has 2 amide bonds. The molecule has 0 spiro atoms. The van der Waals surface area contributed by atoms with Crippen molar-refractivity contribution in [1.29, 1.82) is 0 Å². The van der Waals surface area contributed by atoms with Gasteiger partial charge >= 0.3 is 0 Å². The van der Waals surface area contributed by atoms with Gasteiger partial charge in [0.1, 0.15) is 5.75 Å². The number of benzene rings is 2. The quantitative estimate of drug-likeness (QED) is 0.693. The minimum absolute atomic E-state index is 0.0758. The van der Waals surface area contributed by atoms with Gasteiger partial charge in [0.05, 0.1) is 19.7 Å². The minimum atomic E-state index is -1.71. The monoisotopic (exact) mass is 411 g/mol. The highest BCUT2D eigenvalue weighted by Crippen LogP contribution is 2.28. The SMILES string of the molecule is COc1ccccc1[C@@H](CNC(=O)[C@@](C)(O)CN1Cc2ccccc2C1=O)N(C)C. The predicted octanol–water partition coefficient (Wildman–Crippen LogP) is 1.82. The van der Waals surface area contributed by atoms with Crippen molar-refractivity contribution in [3.63, 3.8) is 0 Å². The van der Waals surface area contributed by atoms with E-state index in [-0.39, 0.29) is 25.0 Å². The number of fused-ring (bicyclic) bond motifs is 1. The number of methoxy groups -OCH3 is 1. The third-order valence-corrected chi connectivity index (χ3v) is 5.46. The van der Waals surface area contributed by atoms with Crippen molar-refractivity contribution in [2.24, 2.45) is 0 Å². The number of ether oxygens (including phenoxy) is 1. The Morgan fingerprint density at radius 3 is 2.57 bits per heavy atom. The Hall–Kier alpha value is -2.90. The number of nitrogens with zero attached hydrogens (tertiary/aromatic N) is 2. The number of amides is 2. The molecule has 1 aliphatic heterocycles. The molecule has 2 atom stereocenters. The molecule has 0 saturated carbocycles. The van der Waals surface area contributed by atoms with Gasteiger partial charge < -0.3 is 25.0 Å². The Kier molecular flexibility index (Phi) is 6.43. The molecule has 0 aliphatic carbocycles. The van der Waals surface area contributed by atoms with Gasteiger partial charge in [-0.1, -0.05) is 36.4 Å². The van der Waals surface area contributed by atoms with E-state index in [4.69, 9.17) is 4.74 Å². The lowest BCUT2D eigenvalue weighted by molar-refractivity contribution is -0.139. The number of nitrogens with one attached hydrogen (secondary N) is 1. The number of carbonyl (C=O) groups is 2. The molecule has 2 aromatic rings. The summed E-state index contributed by atoms with van der Waals surface area (Å²) in [6.07, 6.45) is 0. The molecule has 2 aromatic carbocycles. The topological polar surface area (TPSA) is 82.1 Å². The molecule has 7 heteroatoms. The van der Waals surface area contributed by atoms with Gasteiger partial charge in [0, 0.05) is 24.2 Å². The molecular weight excluding hydrogens is 382 g/mol. The van der Waals surface area contributed by atoms with Crippen LogP contribution in [0.15, 0.2) is 48.5 Å². The van der Waals surface area contributed by atoms with Gasteiger partial charge in [-0.05, 0) is 38.7 Å². The molecule has 2 N–H and O–H groups in total. The second-order valence-corrected chi connectivity index (χ2v) is 8.02. The summed E-state index contributed by atoms with van der Waals surface area (Å²) in [5.41, 5.74) is 0.755. The van der Waals surface area contributed by atoms with Crippen LogP contribution in [-0.4, -0.2) is 66.6 Å². The molecular formula is C23H29N3O4. The average Bonchev–Trinajstić information content (AvgIpc) is 3.03. The first kappa shape index (κ1) is 21.8. The first-order valence-electron chi connectivity index (χ1n) is 9.92. The van der Waals surface area contributed by atoms with Crippen LogP contribution in [0.4, 0.5) is 0 Å². The van der Waals surface area contributed by atoms with E-state index in [2.05, 4.69) is 5.32 Å². The van der Waals surface area contributed by atoms with Crippen molar-refractivity contribution >= 4 is 11.8 Å². The predicted molar refractivity (Wildman–Crippen MR) is 114 cm³/mol. The molecule has 0 fully saturated rings. The highest BCUT2D eigenvalue weighted by molar-refractivity contribution is 5.98. The summed E-state index contributed by atoms with van der Waals surface area (Å²) in [6.45, 7) is 2.04. The van der Waals surface area contributed by atoms with E-state index in [1.54, 1.807) is 13.2 Å². The zero-order valence-electron chi connectivity index (χ0n) is 17.9. The number of rotatable bonds is 8. The van der Waals surface area contributed by atoms with Crippen molar-refractivity contribution in [1.82, 2.24) is 15.1 Å². The van der Waals surface area contributed by atoms with Crippen LogP contribution >= 0.6 is 0 Å². The van der Waals surface area contributed by atoms with Gasteiger partial charge in [-0.15, -0.1) is 0 Å². The fourth-order valence-corrected chi connectivity index (χ4v) is 3.78. The van der Waals surface area contributed by atoms with Crippen molar-refractivity contribution in [2.75, 3.05) is 34.3 Å². The maximum atomic E-state index is 12.8. The van der Waals surface area contributed by atoms with E-state index >= 15 is 0 Å². The highest BCUT2D eigenvalue weighted by Gasteiger charge is 2.37. The summed E-state index contributed by atoms with van der Waals surface area (Å²) in [5, 5.41) is 13.7. The van der Waals surface area contributed by atoms with Crippen LogP contribution in [0.5, 0.6) is 5.75 Å². The number of carbonyl (C=O) groups excluding carboxylic acids is 2. The van der Waals surface area contributed by atoms with Crippen LogP contribution in [-0.2, 0) is 11.3 Å². The standard InChI is InChI=1S/C23H29N3O4/c1-23(29,15-26-14-16-9-5-6-10-17(16)21(26)27)22(28)24-13-19(25(2)3)18-11-7-8-12-20(18)30-4/h5-12,19,29H,13-15H2,1-4H3,(H,24,28)/t19-,23+/m1/s1. The lowest BCUT2D eigenvalue weighted by Crippen LogP contribution is -2.53. The van der Waals surface area contributed by atoms with Crippen molar-refractivity contribution < 1.29 is 19.4 Å². The lowest BCUT2D eigenvalue weighted by atomic mass is 10.0. The van der Waals surface area contributed by atoms with Gasteiger partial charge in [0.15, 0.2) is 5.60 Å². The van der Waals surface area contributed by atoms with Crippen LogP contribution in [0, 0.1) is 0 Å². The highest BCUT2D eigenvalue weighted by atomic mass is 16.5. The molecule has 1 heterocycles. The number of hydrogen-bond acceptors (Lipinski definition) is 5. The zero-order chi connectivity index (χ0) is 21.9. The first-order chi connectivity index (χ1) is 14.2. The van der Waals surface area contributed by atoms with Crippen molar-refractivity contribution in [2.45, 2.75) is 25.1 Å². The van der Waals surface area contributed by atoms with E-state index in [9.17, 15) is 14.7 Å². The zero-order valence-corrected chi connectivity index (χ0v) is 17.9. The number of hydrogen-bond donors (Lipinski definition) is 2. The molecule has 0 bridgehead atoms. The minimum Gasteiger partial charge on any atom is -0.496 e.